The molecule has 0 saturated carbocycles. The Balaban J connectivity index is 2.38. The van der Waals surface area contributed by atoms with Crippen molar-refractivity contribution < 1.29 is 4.74 Å². The molecule has 0 aliphatic rings. The summed E-state index contributed by atoms with van der Waals surface area (Å²) >= 11 is 3.49. The van der Waals surface area contributed by atoms with E-state index in [4.69, 9.17) is 4.74 Å². The van der Waals surface area contributed by atoms with E-state index in [-0.39, 0.29) is 6.04 Å². The van der Waals surface area contributed by atoms with Crippen molar-refractivity contribution in [3.8, 4) is 5.75 Å². The van der Waals surface area contributed by atoms with Crippen molar-refractivity contribution in [2.24, 2.45) is 0 Å². The number of nitrogens with one attached hydrogen (secondary N) is 1. The zero-order valence-electron chi connectivity index (χ0n) is 11.9. The van der Waals surface area contributed by atoms with Crippen LogP contribution in [0.4, 0.5) is 0 Å². The van der Waals surface area contributed by atoms with Crippen LogP contribution in [0.1, 0.15) is 30.5 Å². The molecule has 2 nitrogen and oxygen atoms in total. The predicted octanol–water partition coefficient (Wildman–Crippen LogP) is 4.55. The zero-order valence-corrected chi connectivity index (χ0v) is 13.5. The second-order valence-corrected chi connectivity index (χ2v) is 5.60. The van der Waals surface area contributed by atoms with Crippen molar-refractivity contribution in [2.45, 2.75) is 19.4 Å². The summed E-state index contributed by atoms with van der Waals surface area (Å²) in [7, 11) is 1.72. The Morgan fingerprint density at radius 2 is 1.80 bits per heavy atom. The van der Waals surface area contributed by atoms with Crippen molar-refractivity contribution in [3.05, 3.63) is 64.1 Å². The van der Waals surface area contributed by atoms with E-state index in [1.165, 1.54) is 11.1 Å². The Labute approximate surface area is 129 Å². The van der Waals surface area contributed by atoms with Crippen LogP contribution >= 0.6 is 15.9 Å². The minimum atomic E-state index is 0.152. The summed E-state index contributed by atoms with van der Waals surface area (Å²) in [4.78, 5) is 0. The van der Waals surface area contributed by atoms with E-state index in [1.54, 1.807) is 7.11 Å². The number of halogens is 1. The second-order valence-electron chi connectivity index (χ2n) is 4.68. The van der Waals surface area contributed by atoms with Crippen molar-refractivity contribution in [2.75, 3.05) is 13.7 Å². The zero-order chi connectivity index (χ0) is 14.4. The van der Waals surface area contributed by atoms with Crippen LogP contribution in [-0.2, 0) is 0 Å². The van der Waals surface area contributed by atoms with Crippen LogP contribution in [0, 0.1) is 0 Å². The van der Waals surface area contributed by atoms with Crippen LogP contribution in [0.5, 0.6) is 5.75 Å². The molecular formula is C17H20BrNO. The molecule has 0 saturated heterocycles. The molecule has 0 fully saturated rings. The molecule has 0 radical (unpaired) electrons. The van der Waals surface area contributed by atoms with Gasteiger partial charge in [-0.3, -0.25) is 0 Å². The summed E-state index contributed by atoms with van der Waals surface area (Å²) in [5, 5.41) is 3.60. The van der Waals surface area contributed by atoms with Gasteiger partial charge in [-0.1, -0.05) is 53.2 Å². The van der Waals surface area contributed by atoms with Gasteiger partial charge in [-0.05, 0) is 36.7 Å². The fourth-order valence-electron chi connectivity index (χ4n) is 2.26. The van der Waals surface area contributed by atoms with Gasteiger partial charge in [0.2, 0.25) is 0 Å². The molecular weight excluding hydrogens is 314 g/mol. The van der Waals surface area contributed by atoms with Gasteiger partial charge in [0.05, 0.1) is 13.2 Å². The number of hydrogen-bond acceptors (Lipinski definition) is 2. The molecule has 0 spiro atoms. The first-order valence-corrected chi connectivity index (χ1v) is 7.67. The molecule has 3 heteroatoms. The monoisotopic (exact) mass is 333 g/mol. The van der Waals surface area contributed by atoms with Crippen LogP contribution in [0.15, 0.2) is 53.0 Å². The van der Waals surface area contributed by atoms with Crippen molar-refractivity contribution in [3.63, 3.8) is 0 Å². The molecule has 2 aromatic carbocycles. The fourth-order valence-corrected chi connectivity index (χ4v) is 2.52. The molecule has 106 valence electrons. The maximum atomic E-state index is 5.50. The SMILES string of the molecule is CCCNC(c1ccc(Br)cc1)c1ccccc1OC. The summed E-state index contributed by atoms with van der Waals surface area (Å²) in [6.07, 6.45) is 1.10. The number of ether oxygens (including phenoxy) is 1. The van der Waals surface area contributed by atoms with Gasteiger partial charge in [-0.25, -0.2) is 0 Å². The summed E-state index contributed by atoms with van der Waals surface area (Å²) in [6.45, 7) is 3.15. The van der Waals surface area contributed by atoms with Gasteiger partial charge < -0.3 is 10.1 Å². The lowest BCUT2D eigenvalue weighted by Gasteiger charge is -2.21. The molecule has 1 atom stereocenters. The highest BCUT2D eigenvalue weighted by atomic mass is 79.9. The minimum absolute atomic E-state index is 0.152. The fraction of sp³-hybridized carbons (Fsp3) is 0.294. The highest BCUT2D eigenvalue weighted by Crippen LogP contribution is 2.30. The standard InChI is InChI=1S/C17H20BrNO/c1-3-12-19-17(13-8-10-14(18)11-9-13)15-6-4-5-7-16(15)20-2/h4-11,17,19H,3,12H2,1-2H3. The highest BCUT2D eigenvalue weighted by Gasteiger charge is 2.17. The molecule has 0 aliphatic carbocycles. The van der Waals surface area contributed by atoms with Crippen LogP contribution in [-0.4, -0.2) is 13.7 Å². The molecule has 1 N–H and O–H groups in total. The van der Waals surface area contributed by atoms with E-state index < -0.39 is 0 Å². The molecule has 20 heavy (non-hydrogen) atoms. The Bertz CT molecular complexity index is 539. The summed E-state index contributed by atoms with van der Waals surface area (Å²) in [5.74, 6) is 0.920. The molecule has 1 unspecified atom stereocenters. The smallest absolute Gasteiger partial charge is 0.123 e. The third-order valence-electron chi connectivity index (χ3n) is 3.25. The van der Waals surface area contributed by atoms with Crippen molar-refractivity contribution in [1.29, 1.82) is 0 Å². The third-order valence-corrected chi connectivity index (χ3v) is 3.78. The predicted molar refractivity (Wildman–Crippen MR) is 87.3 cm³/mol. The number of hydrogen-bond donors (Lipinski definition) is 1. The summed E-state index contributed by atoms with van der Waals surface area (Å²) in [5.41, 5.74) is 2.41. The molecule has 0 aliphatic heterocycles. The molecule has 0 aromatic heterocycles. The van der Waals surface area contributed by atoms with Crippen LogP contribution in [0.2, 0.25) is 0 Å². The number of rotatable bonds is 6. The average Bonchev–Trinajstić information content (AvgIpc) is 2.50. The second kappa shape index (κ2) is 7.46. The van der Waals surface area contributed by atoms with Crippen molar-refractivity contribution >= 4 is 15.9 Å². The maximum absolute atomic E-state index is 5.50. The molecule has 0 bridgehead atoms. The van der Waals surface area contributed by atoms with Gasteiger partial charge in [0, 0.05) is 10.0 Å². The maximum Gasteiger partial charge on any atom is 0.123 e. The minimum Gasteiger partial charge on any atom is -0.496 e. The van der Waals surface area contributed by atoms with E-state index in [9.17, 15) is 0 Å². The number of para-hydroxylation sites is 1. The van der Waals surface area contributed by atoms with Crippen LogP contribution in [0.3, 0.4) is 0 Å². The van der Waals surface area contributed by atoms with Gasteiger partial charge in [0.15, 0.2) is 0 Å². The molecule has 0 amide bonds. The van der Waals surface area contributed by atoms with E-state index >= 15 is 0 Å². The summed E-state index contributed by atoms with van der Waals surface area (Å²) < 4.78 is 6.60. The quantitative estimate of drug-likeness (QED) is 0.837. The van der Waals surface area contributed by atoms with E-state index in [2.05, 4.69) is 64.6 Å². The Morgan fingerprint density at radius 1 is 1.10 bits per heavy atom. The summed E-state index contributed by atoms with van der Waals surface area (Å²) in [6, 6.07) is 16.8. The lowest BCUT2D eigenvalue weighted by atomic mass is 9.97. The average molecular weight is 334 g/mol. The number of benzene rings is 2. The lowest BCUT2D eigenvalue weighted by molar-refractivity contribution is 0.404. The van der Waals surface area contributed by atoms with Crippen molar-refractivity contribution in [1.82, 2.24) is 5.32 Å². The van der Waals surface area contributed by atoms with Gasteiger partial charge >= 0.3 is 0 Å². The van der Waals surface area contributed by atoms with Gasteiger partial charge in [-0.2, -0.15) is 0 Å². The topological polar surface area (TPSA) is 21.3 Å². The molecule has 2 rings (SSSR count). The van der Waals surface area contributed by atoms with Gasteiger partial charge in [0.25, 0.3) is 0 Å². The number of methoxy groups -OCH3 is 1. The van der Waals surface area contributed by atoms with Crippen LogP contribution in [0.25, 0.3) is 0 Å². The van der Waals surface area contributed by atoms with Crippen LogP contribution < -0.4 is 10.1 Å². The Hall–Kier alpha value is -1.32. The first-order chi connectivity index (χ1) is 9.76. The van der Waals surface area contributed by atoms with E-state index in [1.807, 2.05) is 12.1 Å². The lowest BCUT2D eigenvalue weighted by Crippen LogP contribution is -2.23. The van der Waals surface area contributed by atoms with E-state index in [0.717, 1.165) is 23.2 Å². The van der Waals surface area contributed by atoms with Gasteiger partial charge in [0.1, 0.15) is 5.75 Å². The van der Waals surface area contributed by atoms with E-state index in [0.29, 0.717) is 0 Å². The Kier molecular flexibility index (Phi) is 5.62. The Morgan fingerprint density at radius 3 is 2.45 bits per heavy atom. The molecule has 0 heterocycles. The first-order valence-electron chi connectivity index (χ1n) is 6.88. The first kappa shape index (κ1) is 15.1. The highest BCUT2D eigenvalue weighted by molar-refractivity contribution is 9.10. The van der Waals surface area contributed by atoms with Gasteiger partial charge in [-0.15, -0.1) is 0 Å². The molecule has 2 aromatic rings. The normalized spacial score (nSPS) is 12.2. The largest absolute Gasteiger partial charge is 0.496 e. The third kappa shape index (κ3) is 3.62.